The zero-order valence-corrected chi connectivity index (χ0v) is 12.8. The third kappa shape index (κ3) is 4.73. The van der Waals surface area contributed by atoms with Crippen LogP contribution in [0.1, 0.15) is 31.5 Å². The maximum absolute atomic E-state index is 11.5. The summed E-state index contributed by atoms with van der Waals surface area (Å²) in [5, 5.41) is 4.08. The quantitative estimate of drug-likeness (QED) is 0.608. The van der Waals surface area contributed by atoms with E-state index in [1.54, 1.807) is 6.21 Å². The lowest BCUT2D eigenvalue weighted by Crippen LogP contribution is -2.11. The number of hydrogen-bond donors (Lipinski definition) is 2. The van der Waals surface area contributed by atoms with Crippen LogP contribution in [0.15, 0.2) is 40.2 Å². The average Bonchev–Trinajstić information content (AvgIpc) is 2.49. The highest BCUT2D eigenvalue weighted by atomic mass is 16.5. The van der Waals surface area contributed by atoms with Crippen LogP contribution in [-0.4, -0.2) is 22.8 Å². The predicted octanol–water partition coefficient (Wildman–Crippen LogP) is 2.57. The van der Waals surface area contributed by atoms with Crippen molar-refractivity contribution < 1.29 is 4.74 Å². The molecular weight excluding hydrogens is 280 g/mol. The Labute approximate surface area is 129 Å². The van der Waals surface area contributed by atoms with E-state index in [1.165, 1.54) is 6.07 Å². The summed E-state index contributed by atoms with van der Waals surface area (Å²) in [6, 6.07) is 9.07. The number of aromatic nitrogens is 2. The van der Waals surface area contributed by atoms with E-state index in [1.807, 2.05) is 38.1 Å². The number of anilines is 1. The molecule has 0 bridgehead atoms. The van der Waals surface area contributed by atoms with Crippen molar-refractivity contribution in [1.29, 1.82) is 0 Å². The standard InChI is InChI=1S/C16H20N4O2/c1-3-5-13-10-15(21)19-16(18-13)20-17-11-12-6-8-14(9-7-12)22-4-2/h6-11H,3-5H2,1-2H3,(H2,18,19,20,21)/b17-11+. The minimum absolute atomic E-state index is 0.183. The molecule has 1 aromatic carbocycles. The average molecular weight is 300 g/mol. The molecule has 2 aromatic rings. The fourth-order valence-electron chi connectivity index (χ4n) is 1.93. The van der Waals surface area contributed by atoms with Crippen LogP contribution in [0.25, 0.3) is 0 Å². The van der Waals surface area contributed by atoms with Gasteiger partial charge in [0.2, 0.25) is 5.95 Å². The molecule has 0 atom stereocenters. The van der Waals surface area contributed by atoms with Gasteiger partial charge in [0.15, 0.2) is 0 Å². The van der Waals surface area contributed by atoms with Crippen molar-refractivity contribution in [1.82, 2.24) is 9.97 Å². The normalized spacial score (nSPS) is 10.8. The summed E-state index contributed by atoms with van der Waals surface area (Å²) in [5.74, 6) is 1.17. The van der Waals surface area contributed by atoms with Gasteiger partial charge in [-0.2, -0.15) is 5.10 Å². The highest BCUT2D eigenvalue weighted by Crippen LogP contribution is 2.10. The topological polar surface area (TPSA) is 79.4 Å². The van der Waals surface area contributed by atoms with E-state index in [4.69, 9.17) is 4.74 Å². The molecule has 6 heteroatoms. The number of benzene rings is 1. The van der Waals surface area contributed by atoms with Crippen LogP contribution in [0.4, 0.5) is 5.95 Å². The molecule has 0 spiro atoms. The van der Waals surface area contributed by atoms with Crippen molar-refractivity contribution in [2.24, 2.45) is 5.10 Å². The van der Waals surface area contributed by atoms with Crippen molar-refractivity contribution in [3.05, 3.63) is 51.9 Å². The highest BCUT2D eigenvalue weighted by Gasteiger charge is 1.99. The van der Waals surface area contributed by atoms with Crippen LogP contribution in [0, 0.1) is 0 Å². The van der Waals surface area contributed by atoms with E-state index in [0.717, 1.165) is 29.8 Å². The van der Waals surface area contributed by atoms with E-state index in [-0.39, 0.29) is 5.56 Å². The monoisotopic (exact) mass is 300 g/mol. The molecule has 0 fully saturated rings. The van der Waals surface area contributed by atoms with Crippen molar-refractivity contribution in [3.8, 4) is 5.75 Å². The number of rotatable bonds is 7. The number of nitrogens with zero attached hydrogens (tertiary/aromatic N) is 2. The second-order valence-corrected chi connectivity index (χ2v) is 4.71. The summed E-state index contributed by atoms with van der Waals surface area (Å²) in [5.41, 5.74) is 4.24. The van der Waals surface area contributed by atoms with Crippen LogP contribution >= 0.6 is 0 Å². The molecule has 0 unspecified atom stereocenters. The molecule has 0 aliphatic heterocycles. The molecular formula is C16H20N4O2. The van der Waals surface area contributed by atoms with Gasteiger partial charge in [-0.05, 0) is 43.2 Å². The summed E-state index contributed by atoms with van der Waals surface area (Å²) in [6.07, 6.45) is 3.36. The molecule has 2 N–H and O–H groups in total. The van der Waals surface area contributed by atoms with Gasteiger partial charge < -0.3 is 4.74 Å². The Bertz CT molecular complexity index is 677. The minimum atomic E-state index is -0.183. The zero-order valence-electron chi connectivity index (χ0n) is 12.8. The van der Waals surface area contributed by atoms with Gasteiger partial charge >= 0.3 is 0 Å². The number of ether oxygens (including phenoxy) is 1. The third-order valence-electron chi connectivity index (χ3n) is 2.88. The maximum Gasteiger partial charge on any atom is 0.252 e. The van der Waals surface area contributed by atoms with Gasteiger partial charge in [-0.3, -0.25) is 9.78 Å². The molecule has 0 saturated carbocycles. The van der Waals surface area contributed by atoms with Crippen molar-refractivity contribution in [2.45, 2.75) is 26.7 Å². The molecule has 0 amide bonds. The van der Waals surface area contributed by atoms with Crippen LogP contribution in [-0.2, 0) is 6.42 Å². The molecule has 22 heavy (non-hydrogen) atoms. The second kappa shape index (κ2) is 7.97. The van der Waals surface area contributed by atoms with Crippen molar-refractivity contribution in [3.63, 3.8) is 0 Å². The molecule has 2 rings (SSSR count). The molecule has 1 aromatic heterocycles. The molecule has 0 aliphatic rings. The fourth-order valence-corrected chi connectivity index (χ4v) is 1.93. The van der Waals surface area contributed by atoms with Gasteiger partial charge in [-0.1, -0.05) is 13.3 Å². The van der Waals surface area contributed by atoms with E-state index in [2.05, 4.69) is 20.5 Å². The molecule has 0 saturated heterocycles. The van der Waals surface area contributed by atoms with Gasteiger partial charge in [-0.25, -0.2) is 10.4 Å². The number of H-pyrrole nitrogens is 1. The second-order valence-electron chi connectivity index (χ2n) is 4.71. The Morgan fingerprint density at radius 1 is 1.32 bits per heavy atom. The number of nitrogens with one attached hydrogen (secondary N) is 2. The number of aryl methyl sites for hydroxylation is 1. The smallest absolute Gasteiger partial charge is 0.252 e. The SMILES string of the molecule is CCCc1cc(=O)[nH]c(N/N=C/c2ccc(OCC)cc2)n1. The van der Waals surface area contributed by atoms with E-state index in [9.17, 15) is 4.79 Å². The van der Waals surface area contributed by atoms with Crippen LogP contribution in [0.5, 0.6) is 5.75 Å². The first-order chi connectivity index (χ1) is 10.7. The molecule has 0 aliphatic carbocycles. The Hall–Kier alpha value is -2.63. The summed E-state index contributed by atoms with van der Waals surface area (Å²) in [7, 11) is 0. The Balaban J connectivity index is 2.01. The fraction of sp³-hybridized carbons (Fsp3) is 0.312. The Morgan fingerprint density at radius 2 is 2.09 bits per heavy atom. The highest BCUT2D eigenvalue weighted by molar-refractivity contribution is 5.80. The summed E-state index contributed by atoms with van der Waals surface area (Å²) in [6.45, 7) is 4.63. The molecule has 1 heterocycles. The largest absolute Gasteiger partial charge is 0.494 e. The third-order valence-corrected chi connectivity index (χ3v) is 2.88. The number of hydrazone groups is 1. The predicted molar refractivity (Wildman–Crippen MR) is 87.7 cm³/mol. The molecule has 0 radical (unpaired) electrons. The first-order valence-electron chi connectivity index (χ1n) is 7.33. The lowest BCUT2D eigenvalue weighted by molar-refractivity contribution is 0.340. The van der Waals surface area contributed by atoms with Gasteiger partial charge in [0, 0.05) is 11.8 Å². The van der Waals surface area contributed by atoms with Crippen molar-refractivity contribution in [2.75, 3.05) is 12.0 Å². The summed E-state index contributed by atoms with van der Waals surface area (Å²) < 4.78 is 5.37. The molecule has 6 nitrogen and oxygen atoms in total. The van der Waals surface area contributed by atoms with Gasteiger partial charge in [0.25, 0.3) is 5.56 Å². The van der Waals surface area contributed by atoms with Crippen molar-refractivity contribution >= 4 is 12.2 Å². The maximum atomic E-state index is 11.5. The van der Waals surface area contributed by atoms with E-state index >= 15 is 0 Å². The lowest BCUT2D eigenvalue weighted by Gasteiger charge is -2.03. The van der Waals surface area contributed by atoms with E-state index in [0.29, 0.717) is 12.6 Å². The first kappa shape index (κ1) is 15.8. The van der Waals surface area contributed by atoms with Crippen LogP contribution in [0.2, 0.25) is 0 Å². The summed E-state index contributed by atoms with van der Waals surface area (Å²) in [4.78, 5) is 18.4. The number of hydrogen-bond acceptors (Lipinski definition) is 5. The van der Waals surface area contributed by atoms with Gasteiger partial charge in [0.1, 0.15) is 5.75 Å². The Morgan fingerprint density at radius 3 is 2.77 bits per heavy atom. The van der Waals surface area contributed by atoms with E-state index < -0.39 is 0 Å². The van der Waals surface area contributed by atoms with Gasteiger partial charge in [-0.15, -0.1) is 0 Å². The molecule has 116 valence electrons. The minimum Gasteiger partial charge on any atom is -0.494 e. The van der Waals surface area contributed by atoms with Gasteiger partial charge in [0.05, 0.1) is 12.8 Å². The summed E-state index contributed by atoms with van der Waals surface area (Å²) >= 11 is 0. The first-order valence-corrected chi connectivity index (χ1v) is 7.33. The Kier molecular flexibility index (Phi) is 5.71. The van der Waals surface area contributed by atoms with Crippen LogP contribution < -0.4 is 15.7 Å². The number of aromatic amines is 1. The van der Waals surface area contributed by atoms with Crippen LogP contribution in [0.3, 0.4) is 0 Å². The lowest BCUT2D eigenvalue weighted by atomic mass is 10.2. The zero-order chi connectivity index (χ0) is 15.8.